The number of hydrogen-bond donors (Lipinski definition) is 0. The van der Waals surface area contributed by atoms with Crippen LogP contribution in [0.2, 0.25) is 0 Å². The third-order valence-corrected chi connectivity index (χ3v) is 1.97. The molecule has 1 aromatic rings. The van der Waals surface area contributed by atoms with Crippen LogP contribution in [-0.2, 0) is 5.54 Å². The average molecular weight is 183 g/mol. The molecule has 0 N–H and O–H groups in total. The fourth-order valence-corrected chi connectivity index (χ4v) is 1.11. The molecule has 0 unspecified atom stereocenters. The SMILES string of the molecule is COc1cn(C(C)(C)C)cc1OC. The lowest BCUT2D eigenvalue weighted by atomic mass is 10.1. The van der Waals surface area contributed by atoms with Crippen LogP contribution in [0.1, 0.15) is 20.8 Å². The predicted molar refractivity (Wildman–Crippen MR) is 52.5 cm³/mol. The number of methoxy groups -OCH3 is 2. The zero-order valence-electron chi connectivity index (χ0n) is 8.92. The molecule has 0 saturated carbocycles. The molecular weight excluding hydrogens is 166 g/mol. The van der Waals surface area contributed by atoms with Gasteiger partial charge in [-0.15, -0.1) is 0 Å². The number of ether oxygens (including phenoxy) is 2. The molecule has 0 bridgehead atoms. The van der Waals surface area contributed by atoms with E-state index in [-0.39, 0.29) is 5.54 Å². The quantitative estimate of drug-likeness (QED) is 0.702. The van der Waals surface area contributed by atoms with Crippen molar-refractivity contribution in [1.29, 1.82) is 0 Å². The van der Waals surface area contributed by atoms with E-state index in [1.165, 1.54) is 0 Å². The average Bonchev–Trinajstić information content (AvgIpc) is 2.45. The van der Waals surface area contributed by atoms with Gasteiger partial charge in [0.1, 0.15) is 0 Å². The molecule has 0 aromatic carbocycles. The van der Waals surface area contributed by atoms with E-state index >= 15 is 0 Å². The summed E-state index contributed by atoms with van der Waals surface area (Å²) in [6, 6.07) is 0. The summed E-state index contributed by atoms with van der Waals surface area (Å²) in [5.41, 5.74) is 0.0596. The third-order valence-electron chi connectivity index (χ3n) is 1.97. The summed E-state index contributed by atoms with van der Waals surface area (Å²) in [6.07, 6.45) is 3.89. The van der Waals surface area contributed by atoms with Gasteiger partial charge in [0, 0.05) is 5.54 Å². The van der Waals surface area contributed by atoms with Gasteiger partial charge in [-0.1, -0.05) is 0 Å². The number of aromatic nitrogens is 1. The topological polar surface area (TPSA) is 23.4 Å². The van der Waals surface area contributed by atoms with E-state index in [2.05, 4.69) is 25.3 Å². The van der Waals surface area contributed by atoms with Crippen LogP contribution in [0.4, 0.5) is 0 Å². The maximum atomic E-state index is 5.17. The first-order valence-corrected chi connectivity index (χ1v) is 4.29. The van der Waals surface area contributed by atoms with Crippen LogP contribution < -0.4 is 9.47 Å². The van der Waals surface area contributed by atoms with Crippen molar-refractivity contribution in [2.24, 2.45) is 0 Å². The Morgan fingerprint density at radius 1 is 1.00 bits per heavy atom. The highest BCUT2D eigenvalue weighted by Gasteiger charge is 2.16. The predicted octanol–water partition coefficient (Wildman–Crippen LogP) is 2.26. The number of rotatable bonds is 2. The van der Waals surface area contributed by atoms with E-state index in [0.29, 0.717) is 0 Å². The Morgan fingerprint density at radius 2 is 1.38 bits per heavy atom. The van der Waals surface area contributed by atoms with E-state index in [9.17, 15) is 0 Å². The number of nitrogens with zero attached hydrogens (tertiary/aromatic N) is 1. The zero-order valence-corrected chi connectivity index (χ0v) is 8.92. The Hall–Kier alpha value is -1.12. The van der Waals surface area contributed by atoms with Crippen molar-refractivity contribution in [3.8, 4) is 11.5 Å². The van der Waals surface area contributed by atoms with Gasteiger partial charge in [0.25, 0.3) is 0 Å². The number of hydrogen-bond acceptors (Lipinski definition) is 2. The molecule has 1 aromatic heterocycles. The molecular formula is C10H17NO2. The van der Waals surface area contributed by atoms with Gasteiger partial charge in [-0.25, -0.2) is 0 Å². The summed E-state index contributed by atoms with van der Waals surface area (Å²) in [7, 11) is 3.29. The van der Waals surface area contributed by atoms with Gasteiger partial charge in [-0.3, -0.25) is 0 Å². The van der Waals surface area contributed by atoms with E-state index in [0.717, 1.165) is 11.5 Å². The fourth-order valence-electron chi connectivity index (χ4n) is 1.11. The van der Waals surface area contributed by atoms with Crippen molar-refractivity contribution in [3.05, 3.63) is 12.4 Å². The lowest BCUT2D eigenvalue weighted by Crippen LogP contribution is -2.19. The molecule has 0 aliphatic heterocycles. The van der Waals surface area contributed by atoms with Crippen molar-refractivity contribution in [2.45, 2.75) is 26.3 Å². The van der Waals surface area contributed by atoms with E-state index in [1.807, 2.05) is 12.4 Å². The van der Waals surface area contributed by atoms with Crippen LogP contribution in [0, 0.1) is 0 Å². The lowest BCUT2D eigenvalue weighted by molar-refractivity contribution is 0.358. The van der Waals surface area contributed by atoms with Gasteiger partial charge < -0.3 is 14.0 Å². The molecule has 0 saturated heterocycles. The van der Waals surface area contributed by atoms with E-state index in [4.69, 9.17) is 9.47 Å². The summed E-state index contributed by atoms with van der Waals surface area (Å²) < 4.78 is 12.4. The Bertz CT molecular complexity index is 262. The molecule has 0 radical (unpaired) electrons. The van der Waals surface area contributed by atoms with Crippen LogP contribution in [0.15, 0.2) is 12.4 Å². The van der Waals surface area contributed by atoms with Gasteiger partial charge in [-0.05, 0) is 20.8 Å². The summed E-state index contributed by atoms with van der Waals surface area (Å²) in [5, 5.41) is 0. The first-order valence-electron chi connectivity index (χ1n) is 4.29. The highest BCUT2D eigenvalue weighted by atomic mass is 16.5. The van der Waals surface area contributed by atoms with E-state index in [1.54, 1.807) is 14.2 Å². The minimum atomic E-state index is 0.0596. The maximum Gasteiger partial charge on any atom is 0.178 e. The summed E-state index contributed by atoms with van der Waals surface area (Å²) in [5.74, 6) is 1.55. The van der Waals surface area contributed by atoms with Crippen LogP contribution in [0.25, 0.3) is 0 Å². The summed E-state index contributed by atoms with van der Waals surface area (Å²) in [4.78, 5) is 0. The van der Waals surface area contributed by atoms with Crippen LogP contribution in [0.5, 0.6) is 11.5 Å². The Balaban J connectivity index is 3.07. The summed E-state index contributed by atoms with van der Waals surface area (Å²) >= 11 is 0. The minimum absolute atomic E-state index is 0.0596. The first-order chi connectivity index (χ1) is 5.99. The van der Waals surface area contributed by atoms with Crippen LogP contribution in [0.3, 0.4) is 0 Å². The molecule has 0 atom stereocenters. The van der Waals surface area contributed by atoms with Crippen molar-refractivity contribution in [3.63, 3.8) is 0 Å². The maximum absolute atomic E-state index is 5.17. The monoisotopic (exact) mass is 183 g/mol. The summed E-state index contributed by atoms with van der Waals surface area (Å²) in [6.45, 7) is 6.39. The third kappa shape index (κ3) is 1.97. The van der Waals surface area contributed by atoms with Crippen molar-refractivity contribution in [2.75, 3.05) is 14.2 Å². The molecule has 3 heteroatoms. The van der Waals surface area contributed by atoms with Gasteiger partial charge in [0.15, 0.2) is 11.5 Å². The minimum Gasteiger partial charge on any atom is -0.491 e. The van der Waals surface area contributed by atoms with Crippen LogP contribution >= 0.6 is 0 Å². The van der Waals surface area contributed by atoms with Gasteiger partial charge in [0.2, 0.25) is 0 Å². The normalized spacial score (nSPS) is 11.5. The second kappa shape index (κ2) is 3.32. The molecule has 0 spiro atoms. The molecule has 1 rings (SSSR count). The van der Waals surface area contributed by atoms with Gasteiger partial charge >= 0.3 is 0 Å². The fraction of sp³-hybridized carbons (Fsp3) is 0.600. The lowest BCUT2D eigenvalue weighted by Gasteiger charge is -2.20. The van der Waals surface area contributed by atoms with Crippen molar-refractivity contribution in [1.82, 2.24) is 4.57 Å². The standard InChI is InChI=1S/C10H17NO2/c1-10(2,3)11-6-8(12-4)9(7-11)13-5/h6-7H,1-5H3. The highest BCUT2D eigenvalue weighted by molar-refractivity contribution is 5.38. The van der Waals surface area contributed by atoms with Crippen LogP contribution in [-0.4, -0.2) is 18.8 Å². The molecule has 3 nitrogen and oxygen atoms in total. The molecule has 1 heterocycles. The van der Waals surface area contributed by atoms with Crippen molar-refractivity contribution < 1.29 is 9.47 Å². The van der Waals surface area contributed by atoms with Gasteiger partial charge in [0.05, 0.1) is 26.6 Å². The van der Waals surface area contributed by atoms with E-state index < -0.39 is 0 Å². The second-order valence-corrected chi connectivity index (χ2v) is 3.97. The molecule has 74 valence electrons. The highest BCUT2D eigenvalue weighted by Crippen LogP contribution is 2.30. The second-order valence-electron chi connectivity index (χ2n) is 3.97. The molecule has 0 aliphatic rings. The zero-order chi connectivity index (χ0) is 10.1. The largest absolute Gasteiger partial charge is 0.491 e. The Labute approximate surface area is 79.3 Å². The smallest absolute Gasteiger partial charge is 0.178 e. The molecule has 13 heavy (non-hydrogen) atoms. The first kappa shape index (κ1) is 9.96. The molecule has 0 fully saturated rings. The Kier molecular flexibility index (Phi) is 2.55. The molecule has 0 amide bonds. The van der Waals surface area contributed by atoms with Crippen molar-refractivity contribution >= 4 is 0 Å². The van der Waals surface area contributed by atoms with Gasteiger partial charge in [-0.2, -0.15) is 0 Å². The molecule has 0 aliphatic carbocycles. The Morgan fingerprint density at radius 3 is 1.62 bits per heavy atom.